The monoisotopic (exact) mass is 307 g/mol. The number of sulfone groups is 1. The lowest BCUT2D eigenvalue weighted by atomic mass is 10.4. The topological polar surface area (TPSA) is 117 Å². The van der Waals surface area contributed by atoms with E-state index in [-0.39, 0.29) is 42.3 Å². The number of nitrogens with two attached hydrogens (primary N) is 1. The van der Waals surface area contributed by atoms with Gasteiger partial charge in [0.1, 0.15) is 9.90 Å². The molecule has 1 heterocycles. The highest BCUT2D eigenvalue weighted by molar-refractivity contribution is 7.92. The summed E-state index contributed by atoms with van der Waals surface area (Å²) < 4.78 is 28.6. The Balaban J connectivity index is 2.40. The molecule has 0 aromatic carbocycles. The number of aromatic nitrogens is 1. The van der Waals surface area contributed by atoms with Crippen molar-refractivity contribution in [2.24, 2.45) is 0 Å². The van der Waals surface area contributed by atoms with Crippen LogP contribution in [-0.4, -0.2) is 54.6 Å². The van der Waals surface area contributed by atoms with Gasteiger partial charge >= 0.3 is 0 Å². The zero-order valence-corrected chi connectivity index (χ0v) is 12.0. The van der Waals surface area contributed by atoms with Gasteiger partial charge in [-0.2, -0.15) is 4.37 Å². The molecule has 1 aliphatic rings. The molecular weight excluding hydrogens is 290 g/mol. The van der Waals surface area contributed by atoms with Gasteiger partial charge in [0.15, 0.2) is 15.7 Å². The Kier molecular flexibility index (Phi) is 4.29. The molecule has 4 N–H and O–H groups in total. The molecule has 108 valence electrons. The summed E-state index contributed by atoms with van der Waals surface area (Å²) in [4.78, 5) is 1.66. The number of anilines is 2. The second kappa shape index (κ2) is 5.61. The van der Waals surface area contributed by atoms with Gasteiger partial charge in [0.25, 0.3) is 0 Å². The summed E-state index contributed by atoms with van der Waals surface area (Å²) in [7, 11) is -3.45. The Morgan fingerprint density at radius 3 is 2.37 bits per heavy atom. The summed E-state index contributed by atoms with van der Waals surface area (Å²) in [6, 6.07) is 0. The van der Waals surface area contributed by atoms with Crippen LogP contribution in [0, 0.1) is 0 Å². The predicted molar refractivity (Wildman–Crippen MR) is 73.1 cm³/mol. The highest BCUT2D eigenvalue weighted by Crippen LogP contribution is 2.42. The van der Waals surface area contributed by atoms with Crippen molar-refractivity contribution in [2.75, 3.05) is 36.9 Å². The molecule has 0 radical (unpaired) electrons. The number of aliphatic hydroxyl groups excluding tert-OH is 2. The maximum Gasteiger partial charge on any atom is 0.187 e. The van der Waals surface area contributed by atoms with E-state index in [2.05, 4.69) is 4.37 Å². The zero-order valence-electron chi connectivity index (χ0n) is 10.3. The SMILES string of the molecule is Nc1nsc(N(CCO)CCO)c1S(=O)(=O)C1CC1. The molecule has 1 fully saturated rings. The van der Waals surface area contributed by atoms with Crippen molar-refractivity contribution in [1.82, 2.24) is 4.37 Å². The van der Waals surface area contributed by atoms with Gasteiger partial charge < -0.3 is 20.8 Å². The van der Waals surface area contributed by atoms with Crippen LogP contribution in [0.25, 0.3) is 0 Å². The van der Waals surface area contributed by atoms with E-state index in [1.165, 1.54) is 0 Å². The second-order valence-electron chi connectivity index (χ2n) is 4.38. The van der Waals surface area contributed by atoms with Crippen LogP contribution in [0.3, 0.4) is 0 Å². The van der Waals surface area contributed by atoms with Gasteiger partial charge in [-0.3, -0.25) is 0 Å². The highest BCUT2D eigenvalue weighted by Gasteiger charge is 2.41. The predicted octanol–water partition coefficient (Wildman–Crippen LogP) is -0.548. The Labute approximate surface area is 115 Å². The minimum absolute atomic E-state index is 0.00720. The average Bonchev–Trinajstić information content (AvgIpc) is 3.13. The fourth-order valence-electron chi connectivity index (χ4n) is 1.85. The van der Waals surface area contributed by atoms with Crippen molar-refractivity contribution < 1.29 is 18.6 Å². The first-order valence-electron chi connectivity index (χ1n) is 5.98. The van der Waals surface area contributed by atoms with E-state index in [1.807, 2.05) is 0 Å². The Bertz CT molecular complexity index is 533. The van der Waals surface area contributed by atoms with E-state index in [0.29, 0.717) is 17.8 Å². The fourth-order valence-corrected chi connectivity index (χ4v) is 4.93. The molecule has 0 spiro atoms. The number of hydrogen-bond donors (Lipinski definition) is 3. The van der Waals surface area contributed by atoms with Gasteiger partial charge in [0.05, 0.1) is 18.5 Å². The van der Waals surface area contributed by atoms with Crippen LogP contribution in [0.15, 0.2) is 4.90 Å². The van der Waals surface area contributed by atoms with Gasteiger partial charge in [-0.05, 0) is 24.4 Å². The van der Waals surface area contributed by atoms with E-state index in [4.69, 9.17) is 15.9 Å². The van der Waals surface area contributed by atoms with Crippen molar-refractivity contribution in [3.63, 3.8) is 0 Å². The molecule has 1 aromatic rings. The lowest BCUT2D eigenvalue weighted by Crippen LogP contribution is -2.30. The Morgan fingerprint density at radius 2 is 1.89 bits per heavy atom. The number of aliphatic hydroxyl groups is 2. The van der Waals surface area contributed by atoms with E-state index < -0.39 is 9.84 Å². The second-order valence-corrected chi connectivity index (χ2v) is 7.30. The molecule has 0 amide bonds. The minimum Gasteiger partial charge on any atom is -0.395 e. The summed E-state index contributed by atoms with van der Waals surface area (Å²) in [5.74, 6) is 0.00720. The number of hydrogen-bond acceptors (Lipinski definition) is 8. The summed E-state index contributed by atoms with van der Waals surface area (Å²) in [5, 5.41) is 18.1. The summed E-state index contributed by atoms with van der Waals surface area (Å²) in [5.41, 5.74) is 5.69. The lowest BCUT2D eigenvalue weighted by Gasteiger charge is -2.21. The van der Waals surface area contributed by atoms with Crippen molar-refractivity contribution in [2.45, 2.75) is 23.0 Å². The van der Waals surface area contributed by atoms with Crippen molar-refractivity contribution >= 4 is 32.2 Å². The molecule has 7 nitrogen and oxygen atoms in total. The molecule has 1 aromatic heterocycles. The molecule has 0 aliphatic heterocycles. The van der Waals surface area contributed by atoms with Crippen LogP contribution in [0.2, 0.25) is 0 Å². The molecule has 9 heteroatoms. The third-order valence-corrected chi connectivity index (χ3v) is 6.31. The highest BCUT2D eigenvalue weighted by atomic mass is 32.2. The first-order valence-corrected chi connectivity index (χ1v) is 8.30. The van der Waals surface area contributed by atoms with Gasteiger partial charge in [0, 0.05) is 13.1 Å². The van der Waals surface area contributed by atoms with Crippen molar-refractivity contribution in [3.8, 4) is 0 Å². The first-order chi connectivity index (χ1) is 9.02. The van der Waals surface area contributed by atoms with E-state index in [0.717, 1.165) is 11.5 Å². The fraction of sp³-hybridized carbons (Fsp3) is 0.700. The van der Waals surface area contributed by atoms with Crippen LogP contribution in [0.5, 0.6) is 0 Å². The van der Waals surface area contributed by atoms with E-state index >= 15 is 0 Å². The standard InChI is InChI=1S/C10H17N3O4S2/c11-9-8(19(16,17)7-1-2-7)10(18-12-9)13(3-5-14)4-6-15/h7,14-15H,1-6H2,(H2,11,12). The lowest BCUT2D eigenvalue weighted by molar-refractivity contribution is 0.281. The minimum atomic E-state index is -3.45. The van der Waals surface area contributed by atoms with E-state index in [9.17, 15) is 8.42 Å². The largest absolute Gasteiger partial charge is 0.395 e. The van der Waals surface area contributed by atoms with Gasteiger partial charge in [-0.1, -0.05) is 0 Å². The number of rotatable bonds is 7. The average molecular weight is 307 g/mol. The van der Waals surface area contributed by atoms with Crippen LogP contribution in [0.4, 0.5) is 10.8 Å². The quantitative estimate of drug-likeness (QED) is 0.619. The molecular formula is C10H17N3O4S2. The van der Waals surface area contributed by atoms with Crippen molar-refractivity contribution in [3.05, 3.63) is 0 Å². The summed E-state index contributed by atoms with van der Waals surface area (Å²) in [6.07, 6.45) is 1.30. The number of nitrogen functional groups attached to an aromatic ring is 1. The molecule has 0 unspecified atom stereocenters. The van der Waals surface area contributed by atoms with E-state index in [1.54, 1.807) is 4.90 Å². The maximum absolute atomic E-state index is 12.3. The van der Waals surface area contributed by atoms with Crippen LogP contribution in [0.1, 0.15) is 12.8 Å². The summed E-state index contributed by atoms with van der Waals surface area (Å²) in [6.45, 7) is 0.187. The normalized spacial score (nSPS) is 15.7. The molecule has 19 heavy (non-hydrogen) atoms. The Morgan fingerprint density at radius 1 is 1.32 bits per heavy atom. The van der Waals surface area contributed by atoms with Crippen LogP contribution >= 0.6 is 11.5 Å². The molecule has 0 bridgehead atoms. The molecule has 2 rings (SSSR count). The smallest absolute Gasteiger partial charge is 0.187 e. The molecule has 0 atom stereocenters. The van der Waals surface area contributed by atoms with Crippen molar-refractivity contribution in [1.29, 1.82) is 0 Å². The first kappa shape index (κ1) is 14.5. The molecule has 1 aliphatic carbocycles. The summed E-state index contributed by atoms with van der Waals surface area (Å²) >= 11 is 0.986. The third-order valence-electron chi connectivity index (χ3n) is 2.93. The van der Waals surface area contributed by atoms with Gasteiger partial charge in [0.2, 0.25) is 0 Å². The third kappa shape index (κ3) is 2.83. The molecule has 0 saturated heterocycles. The van der Waals surface area contributed by atoms with Gasteiger partial charge in [-0.25, -0.2) is 8.42 Å². The van der Waals surface area contributed by atoms with Crippen LogP contribution < -0.4 is 10.6 Å². The van der Waals surface area contributed by atoms with Gasteiger partial charge in [-0.15, -0.1) is 0 Å². The Hall–Kier alpha value is -0.900. The number of nitrogens with zero attached hydrogens (tertiary/aromatic N) is 2. The van der Waals surface area contributed by atoms with Crippen LogP contribution in [-0.2, 0) is 9.84 Å². The maximum atomic E-state index is 12.3. The molecule has 1 saturated carbocycles. The zero-order chi connectivity index (χ0) is 14.0.